The summed E-state index contributed by atoms with van der Waals surface area (Å²) >= 11 is 1.50. The van der Waals surface area contributed by atoms with E-state index < -0.39 is 0 Å². The Morgan fingerprint density at radius 1 is 1.00 bits per heavy atom. The molecule has 0 fully saturated rings. The third kappa shape index (κ3) is 2.60. The Labute approximate surface area is 120 Å². The molecule has 0 aliphatic carbocycles. The molecule has 3 aromatic rings. The molecule has 98 valence electrons. The van der Waals surface area contributed by atoms with Gasteiger partial charge in [-0.2, -0.15) is 0 Å². The van der Waals surface area contributed by atoms with Crippen LogP contribution in [0, 0.1) is 0 Å². The van der Waals surface area contributed by atoms with Gasteiger partial charge in [-0.05, 0) is 12.1 Å². The molecule has 0 atom stereocenters. The van der Waals surface area contributed by atoms with Crippen LogP contribution in [0.5, 0.6) is 0 Å². The van der Waals surface area contributed by atoms with Crippen LogP contribution in [0.4, 0.5) is 10.8 Å². The van der Waals surface area contributed by atoms with E-state index in [1.807, 2.05) is 60.0 Å². The number of carbonyl (C=O) groups is 1. The maximum atomic E-state index is 12.5. The van der Waals surface area contributed by atoms with E-state index in [0.717, 1.165) is 10.8 Å². The molecule has 20 heavy (non-hydrogen) atoms. The first-order valence-electron chi connectivity index (χ1n) is 6.20. The smallest absolute Gasteiger partial charge is 0.195 e. The van der Waals surface area contributed by atoms with Gasteiger partial charge in [0.2, 0.25) is 0 Å². The van der Waals surface area contributed by atoms with Crippen molar-refractivity contribution in [2.24, 2.45) is 0 Å². The molecule has 0 aliphatic rings. The highest BCUT2D eigenvalue weighted by atomic mass is 32.1. The molecule has 0 amide bonds. The SMILES string of the molecule is O=C(c1ccccc1)c1ccccc1Nc1nccs1. The lowest BCUT2D eigenvalue weighted by Gasteiger charge is -2.09. The molecular formula is C16H12N2OS. The Kier molecular flexibility index (Phi) is 3.56. The number of para-hydroxylation sites is 1. The van der Waals surface area contributed by atoms with Crippen LogP contribution in [0.3, 0.4) is 0 Å². The van der Waals surface area contributed by atoms with Crippen molar-refractivity contribution >= 4 is 27.9 Å². The molecule has 1 N–H and O–H groups in total. The summed E-state index contributed by atoms with van der Waals surface area (Å²) in [5, 5.41) is 5.86. The molecule has 1 heterocycles. The van der Waals surface area contributed by atoms with Crippen LogP contribution in [0.1, 0.15) is 15.9 Å². The van der Waals surface area contributed by atoms with Crippen LogP contribution >= 0.6 is 11.3 Å². The van der Waals surface area contributed by atoms with Gasteiger partial charge in [0.25, 0.3) is 0 Å². The van der Waals surface area contributed by atoms with E-state index in [2.05, 4.69) is 10.3 Å². The van der Waals surface area contributed by atoms with Crippen LogP contribution < -0.4 is 5.32 Å². The Morgan fingerprint density at radius 2 is 1.75 bits per heavy atom. The standard InChI is InChI=1S/C16H12N2OS/c19-15(12-6-2-1-3-7-12)13-8-4-5-9-14(13)18-16-17-10-11-20-16/h1-11H,(H,17,18). The first-order valence-corrected chi connectivity index (χ1v) is 7.08. The fourth-order valence-corrected chi connectivity index (χ4v) is 2.48. The summed E-state index contributed by atoms with van der Waals surface area (Å²) in [6.07, 6.45) is 1.73. The maximum absolute atomic E-state index is 12.5. The highest BCUT2D eigenvalue weighted by Crippen LogP contribution is 2.24. The Bertz CT molecular complexity index is 708. The highest BCUT2D eigenvalue weighted by molar-refractivity contribution is 7.13. The fourth-order valence-electron chi connectivity index (χ4n) is 1.94. The van der Waals surface area contributed by atoms with Crippen LogP contribution in [-0.2, 0) is 0 Å². The van der Waals surface area contributed by atoms with Gasteiger partial charge >= 0.3 is 0 Å². The van der Waals surface area contributed by atoms with Crippen molar-refractivity contribution < 1.29 is 4.79 Å². The second-order valence-electron chi connectivity index (χ2n) is 4.20. The fraction of sp³-hybridized carbons (Fsp3) is 0. The number of anilines is 2. The lowest BCUT2D eigenvalue weighted by atomic mass is 10.0. The number of benzene rings is 2. The van der Waals surface area contributed by atoms with E-state index >= 15 is 0 Å². The summed E-state index contributed by atoms with van der Waals surface area (Å²) < 4.78 is 0. The van der Waals surface area contributed by atoms with Crippen molar-refractivity contribution in [1.29, 1.82) is 0 Å². The summed E-state index contributed by atoms with van der Waals surface area (Å²) in [7, 11) is 0. The van der Waals surface area contributed by atoms with Crippen LogP contribution in [0.15, 0.2) is 66.2 Å². The number of hydrogen-bond acceptors (Lipinski definition) is 4. The minimum absolute atomic E-state index is 0.00487. The van der Waals surface area contributed by atoms with Crippen LogP contribution in [-0.4, -0.2) is 10.8 Å². The van der Waals surface area contributed by atoms with Gasteiger partial charge in [0.15, 0.2) is 10.9 Å². The van der Waals surface area contributed by atoms with Gasteiger partial charge in [-0.15, -0.1) is 11.3 Å². The van der Waals surface area contributed by atoms with E-state index in [9.17, 15) is 4.79 Å². The normalized spacial score (nSPS) is 10.2. The summed E-state index contributed by atoms with van der Waals surface area (Å²) in [5.74, 6) is 0.00487. The largest absolute Gasteiger partial charge is 0.331 e. The number of rotatable bonds is 4. The van der Waals surface area contributed by atoms with E-state index in [1.165, 1.54) is 11.3 Å². The molecule has 0 bridgehead atoms. The first kappa shape index (κ1) is 12.6. The second kappa shape index (κ2) is 5.67. The zero-order chi connectivity index (χ0) is 13.8. The quantitative estimate of drug-likeness (QED) is 0.731. The van der Waals surface area contributed by atoms with E-state index in [-0.39, 0.29) is 5.78 Å². The number of ketones is 1. The van der Waals surface area contributed by atoms with Gasteiger partial charge in [0, 0.05) is 22.7 Å². The average molecular weight is 280 g/mol. The zero-order valence-corrected chi connectivity index (χ0v) is 11.4. The number of carbonyl (C=O) groups excluding carboxylic acids is 1. The van der Waals surface area contributed by atoms with Gasteiger partial charge in [-0.25, -0.2) is 4.98 Å². The molecular weight excluding hydrogens is 268 g/mol. The predicted molar refractivity (Wildman–Crippen MR) is 81.7 cm³/mol. The van der Waals surface area contributed by atoms with E-state index in [4.69, 9.17) is 0 Å². The van der Waals surface area contributed by atoms with Crippen molar-refractivity contribution in [3.8, 4) is 0 Å². The Morgan fingerprint density at radius 3 is 2.50 bits per heavy atom. The summed E-state index contributed by atoms with van der Waals surface area (Å²) in [6.45, 7) is 0. The summed E-state index contributed by atoms with van der Waals surface area (Å²) in [5.41, 5.74) is 2.10. The third-order valence-electron chi connectivity index (χ3n) is 2.88. The van der Waals surface area contributed by atoms with Gasteiger partial charge in [0.1, 0.15) is 0 Å². The topological polar surface area (TPSA) is 42.0 Å². The average Bonchev–Trinajstić information content (AvgIpc) is 3.01. The molecule has 4 heteroatoms. The third-order valence-corrected chi connectivity index (χ3v) is 3.57. The minimum Gasteiger partial charge on any atom is -0.331 e. The van der Waals surface area contributed by atoms with Crippen molar-refractivity contribution in [2.75, 3.05) is 5.32 Å². The summed E-state index contributed by atoms with van der Waals surface area (Å²) in [4.78, 5) is 16.7. The first-order chi connectivity index (χ1) is 9.84. The van der Waals surface area contributed by atoms with E-state index in [1.54, 1.807) is 6.20 Å². The van der Waals surface area contributed by atoms with Crippen molar-refractivity contribution in [3.63, 3.8) is 0 Å². The number of thiazole rings is 1. The van der Waals surface area contributed by atoms with Gasteiger partial charge in [-0.3, -0.25) is 4.79 Å². The summed E-state index contributed by atoms with van der Waals surface area (Å²) in [6, 6.07) is 16.7. The predicted octanol–water partition coefficient (Wildman–Crippen LogP) is 4.12. The number of aromatic nitrogens is 1. The van der Waals surface area contributed by atoms with Crippen LogP contribution in [0.25, 0.3) is 0 Å². The lowest BCUT2D eigenvalue weighted by Crippen LogP contribution is -2.05. The van der Waals surface area contributed by atoms with Crippen LogP contribution in [0.2, 0.25) is 0 Å². The highest BCUT2D eigenvalue weighted by Gasteiger charge is 2.13. The van der Waals surface area contributed by atoms with Gasteiger partial charge in [0.05, 0.1) is 5.69 Å². The minimum atomic E-state index is 0.00487. The van der Waals surface area contributed by atoms with Crippen molar-refractivity contribution in [3.05, 3.63) is 77.3 Å². The molecule has 3 nitrogen and oxygen atoms in total. The molecule has 0 spiro atoms. The number of hydrogen-bond donors (Lipinski definition) is 1. The Hall–Kier alpha value is -2.46. The van der Waals surface area contributed by atoms with Crippen molar-refractivity contribution in [1.82, 2.24) is 4.98 Å². The lowest BCUT2D eigenvalue weighted by molar-refractivity contribution is 0.103. The molecule has 0 unspecified atom stereocenters. The molecule has 2 aromatic carbocycles. The van der Waals surface area contributed by atoms with E-state index in [0.29, 0.717) is 11.1 Å². The molecule has 0 saturated carbocycles. The Balaban J connectivity index is 1.96. The maximum Gasteiger partial charge on any atom is 0.195 e. The van der Waals surface area contributed by atoms with Gasteiger partial charge < -0.3 is 5.32 Å². The second-order valence-corrected chi connectivity index (χ2v) is 5.10. The molecule has 0 radical (unpaired) electrons. The monoisotopic (exact) mass is 280 g/mol. The van der Waals surface area contributed by atoms with Gasteiger partial charge in [-0.1, -0.05) is 42.5 Å². The van der Waals surface area contributed by atoms with Crippen molar-refractivity contribution in [2.45, 2.75) is 0 Å². The molecule has 3 rings (SSSR count). The molecule has 0 aliphatic heterocycles. The number of nitrogens with zero attached hydrogens (tertiary/aromatic N) is 1. The molecule has 1 aromatic heterocycles. The molecule has 0 saturated heterocycles. The zero-order valence-electron chi connectivity index (χ0n) is 10.6. The number of nitrogens with one attached hydrogen (secondary N) is 1.